The van der Waals surface area contributed by atoms with Crippen LogP contribution in [-0.4, -0.2) is 20.7 Å². The van der Waals surface area contributed by atoms with Crippen molar-refractivity contribution in [3.05, 3.63) is 29.8 Å². The number of nitrogens with one attached hydrogen (secondary N) is 1. The van der Waals surface area contributed by atoms with E-state index in [-0.39, 0.29) is 11.5 Å². The average molecular weight is 234 g/mol. The number of methoxy groups -OCH3 is 1. The summed E-state index contributed by atoms with van der Waals surface area (Å²) in [4.78, 5) is 0. The fourth-order valence-electron chi connectivity index (χ4n) is 2.75. The highest BCUT2D eigenvalue weighted by Gasteiger charge is 2.42. The second kappa shape index (κ2) is 5.07. The van der Waals surface area contributed by atoms with Crippen LogP contribution in [-0.2, 0) is 0 Å². The molecule has 0 bridgehead atoms. The molecule has 1 saturated carbocycles. The molecule has 2 rings (SSSR count). The summed E-state index contributed by atoms with van der Waals surface area (Å²) >= 11 is 0. The molecule has 1 atom stereocenters. The second-order valence-electron chi connectivity index (χ2n) is 5.00. The van der Waals surface area contributed by atoms with Gasteiger partial charge in [0, 0.05) is 18.0 Å². The molecule has 1 aliphatic rings. The van der Waals surface area contributed by atoms with Gasteiger partial charge in [-0.05, 0) is 37.6 Å². The summed E-state index contributed by atoms with van der Waals surface area (Å²) in [6.45, 7) is 1.00. The molecule has 0 saturated heterocycles. The topological polar surface area (TPSA) is 47.3 Å². The summed E-state index contributed by atoms with van der Waals surface area (Å²) in [5.41, 5.74) is 7.89. The second-order valence-corrected chi connectivity index (χ2v) is 5.00. The van der Waals surface area contributed by atoms with Crippen molar-refractivity contribution >= 4 is 0 Å². The molecule has 0 aliphatic heterocycles. The van der Waals surface area contributed by atoms with Crippen molar-refractivity contribution in [2.75, 3.05) is 20.7 Å². The highest BCUT2D eigenvalue weighted by molar-refractivity contribution is 5.30. The summed E-state index contributed by atoms with van der Waals surface area (Å²) in [7, 11) is 3.68. The Morgan fingerprint density at radius 1 is 1.35 bits per heavy atom. The first-order chi connectivity index (χ1) is 8.22. The normalized spacial score (nSPS) is 19.5. The number of hydrogen-bond donors (Lipinski definition) is 2. The molecule has 0 amide bonds. The van der Waals surface area contributed by atoms with Crippen LogP contribution in [0.5, 0.6) is 5.75 Å². The van der Waals surface area contributed by atoms with Crippen LogP contribution < -0.4 is 15.8 Å². The fourth-order valence-corrected chi connectivity index (χ4v) is 2.75. The van der Waals surface area contributed by atoms with Crippen molar-refractivity contribution in [3.8, 4) is 5.75 Å². The van der Waals surface area contributed by atoms with Crippen LogP contribution in [0.4, 0.5) is 0 Å². The van der Waals surface area contributed by atoms with Gasteiger partial charge in [0.1, 0.15) is 5.75 Å². The Morgan fingerprint density at radius 3 is 2.41 bits per heavy atom. The van der Waals surface area contributed by atoms with E-state index in [9.17, 15) is 0 Å². The maximum Gasteiger partial charge on any atom is 0.118 e. The van der Waals surface area contributed by atoms with Gasteiger partial charge in [0.2, 0.25) is 0 Å². The molecule has 1 aromatic carbocycles. The van der Waals surface area contributed by atoms with Crippen LogP contribution in [0.2, 0.25) is 0 Å². The number of rotatable bonds is 5. The van der Waals surface area contributed by atoms with Gasteiger partial charge in [0.15, 0.2) is 0 Å². The third kappa shape index (κ3) is 2.31. The summed E-state index contributed by atoms with van der Waals surface area (Å²) in [6, 6.07) is 8.26. The zero-order valence-electron chi connectivity index (χ0n) is 10.7. The van der Waals surface area contributed by atoms with Crippen molar-refractivity contribution in [3.63, 3.8) is 0 Å². The zero-order chi connectivity index (χ0) is 12.3. The van der Waals surface area contributed by atoms with Gasteiger partial charge < -0.3 is 15.8 Å². The lowest BCUT2D eigenvalue weighted by Crippen LogP contribution is -2.46. The number of ether oxygens (including phenoxy) is 1. The van der Waals surface area contributed by atoms with E-state index in [2.05, 4.69) is 17.4 Å². The fraction of sp³-hybridized carbons (Fsp3) is 0.571. The molecule has 1 aliphatic carbocycles. The van der Waals surface area contributed by atoms with Crippen LogP contribution in [0.1, 0.15) is 30.9 Å². The molecule has 0 spiro atoms. The minimum Gasteiger partial charge on any atom is -0.497 e. The highest BCUT2D eigenvalue weighted by atomic mass is 16.5. The standard InChI is InChI=1S/C14H22N2O/c1-16-10-14(8-3-9-14)13(15)11-4-6-12(17-2)7-5-11/h4-7,13,16H,3,8-10,15H2,1-2H3. The highest BCUT2D eigenvalue weighted by Crippen LogP contribution is 2.48. The first kappa shape index (κ1) is 12.4. The maximum absolute atomic E-state index is 6.43. The molecule has 3 N–H and O–H groups in total. The van der Waals surface area contributed by atoms with E-state index in [1.165, 1.54) is 24.8 Å². The van der Waals surface area contributed by atoms with E-state index in [1.54, 1.807) is 7.11 Å². The van der Waals surface area contributed by atoms with Gasteiger partial charge in [-0.15, -0.1) is 0 Å². The van der Waals surface area contributed by atoms with Crippen molar-refractivity contribution in [2.45, 2.75) is 25.3 Å². The van der Waals surface area contributed by atoms with Crippen LogP contribution in [0.25, 0.3) is 0 Å². The number of nitrogens with two attached hydrogens (primary N) is 1. The predicted molar refractivity (Wildman–Crippen MR) is 70.1 cm³/mol. The minimum atomic E-state index is 0.120. The molecule has 0 aromatic heterocycles. The van der Waals surface area contributed by atoms with Crippen LogP contribution in [0, 0.1) is 5.41 Å². The molecule has 94 valence electrons. The first-order valence-corrected chi connectivity index (χ1v) is 6.26. The predicted octanol–water partition coefficient (Wildman–Crippen LogP) is 2.08. The lowest BCUT2D eigenvalue weighted by Gasteiger charge is -2.46. The Bertz CT molecular complexity index is 357. The van der Waals surface area contributed by atoms with Crippen LogP contribution in [0.15, 0.2) is 24.3 Å². The average Bonchev–Trinajstić information content (AvgIpc) is 2.33. The van der Waals surface area contributed by atoms with E-state index in [1.807, 2.05) is 19.2 Å². The van der Waals surface area contributed by atoms with Crippen molar-refractivity contribution in [1.82, 2.24) is 5.32 Å². The summed E-state index contributed by atoms with van der Waals surface area (Å²) in [6.07, 6.45) is 3.74. The van der Waals surface area contributed by atoms with Crippen LogP contribution >= 0.6 is 0 Å². The third-order valence-corrected chi connectivity index (χ3v) is 4.01. The molecule has 0 heterocycles. The molecular weight excluding hydrogens is 212 g/mol. The lowest BCUT2D eigenvalue weighted by molar-refractivity contribution is 0.0947. The lowest BCUT2D eigenvalue weighted by atomic mass is 9.62. The molecular formula is C14H22N2O. The van der Waals surface area contributed by atoms with E-state index < -0.39 is 0 Å². The van der Waals surface area contributed by atoms with Crippen molar-refractivity contribution in [2.24, 2.45) is 11.1 Å². The minimum absolute atomic E-state index is 0.120. The SMILES string of the molecule is CNCC1(C(N)c2ccc(OC)cc2)CCC1. The molecule has 1 fully saturated rings. The maximum atomic E-state index is 6.43. The van der Waals surface area contributed by atoms with Gasteiger partial charge in [-0.3, -0.25) is 0 Å². The molecule has 3 nitrogen and oxygen atoms in total. The van der Waals surface area contributed by atoms with Gasteiger partial charge in [0.25, 0.3) is 0 Å². The zero-order valence-corrected chi connectivity index (χ0v) is 10.7. The van der Waals surface area contributed by atoms with Gasteiger partial charge in [-0.1, -0.05) is 18.6 Å². The Hall–Kier alpha value is -1.06. The summed E-state index contributed by atoms with van der Waals surface area (Å²) in [5.74, 6) is 0.886. The Kier molecular flexibility index (Phi) is 3.69. The van der Waals surface area contributed by atoms with E-state index in [0.717, 1.165) is 12.3 Å². The molecule has 1 unspecified atom stereocenters. The summed E-state index contributed by atoms with van der Waals surface area (Å²) < 4.78 is 5.17. The van der Waals surface area contributed by atoms with Gasteiger partial charge in [-0.25, -0.2) is 0 Å². The van der Waals surface area contributed by atoms with Crippen LogP contribution in [0.3, 0.4) is 0 Å². The van der Waals surface area contributed by atoms with E-state index in [0.29, 0.717) is 0 Å². The number of hydrogen-bond acceptors (Lipinski definition) is 3. The monoisotopic (exact) mass is 234 g/mol. The largest absolute Gasteiger partial charge is 0.497 e. The first-order valence-electron chi connectivity index (χ1n) is 6.26. The Balaban J connectivity index is 2.14. The Morgan fingerprint density at radius 2 is 2.00 bits per heavy atom. The van der Waals surface area contributed by atoms with E-state index in [4.69, 9.17) is 10.5 Å². The van der Waals surface area contributed by atoms with Crippen molar-refractivity contribution in [1.29, 1.82) is 0 Å². The Labute approximate surface area is 103 Å². The number of benzene rings is 1. The molecule has 17 heavy (non-hydrogen) atoms. The quantitative estimate of drug-likeness (QED) is 0.820. The molecule has 1 aromatic rings. The van der Waals surface area contributed by atoms with E-state index >= 15 is 0 Å². The van der Waals surface area contributed by atoms with Gasteiger partial charge in [0.05, 0.1) is 7.11 Å². The van der Waals surface area contributed by atoms with Crippen molar-refractivity contribution < 1.29 is 4.74 Å². The molecule has 0 radical (unpaired) electrons. The van der Waals surface area contributed by atoms with Gasteiger partial charge in [-0.2, -0.15) is 0 Å². The third-order valence-electron chi connectivity index (χ3n) is 4.01. The summed E-state index contributed by atoms with van der Waals surface area (Å²) in [5, 5.41) is 3.28. The molecule has 3 heteroatoms. The smallest absolute Gasteiger partial charge is 0.118 e. The van der Waals surface area contributed by atoms with Gasteiger partial charge >= 0.3 is 0 Å².